The number of thioether (sulfide) groups is 1. The first-order valence-corrected chi connectivity index (χ1v) is 7.27. The molecule has 1 fully saturated rings. The van der Waals surface area contributed by atoms with Gasteiger partial charge in [0.1, 0.15) is 11.0 Å². The number of carbonyl (C=O) groups is 2. The lowest BCUT2D eigenvalue weighted by atomic mass is 10.00. The van der Waals surface area contributed by atoms with Gasteiger partial charge < -0.3 is 19.5 Å². The highest BCUT2D eigenvalue weighted by Crippen LogP contribution is 2.41. The van der Waals surface area contributed by atoms with E-state index in [9.17, 15) is 14.7 Å². The standard InChI is InChI=1S/C13H19NO5S/c1-13(2,3)19-12(17)8-7(5-15)6-20-11-9(18-4)10(16)14(8)11/h6,8-9,11,15H,5H2,1-4H3/t8?,9-,11?/m0/s1. The quantitative estimate of drug-likeness (QED) is 0.604. The summed E-state index contributed by atoms with van der Waals surface area (Å²) in [4.78, 5) is 25.8. The van der Waals surface area contributed by atoms with E-state index in [0.29, 0.717) is 5.57 Å². The summed E-state index contributed by atoms with van der Waals surface area (Å²) in [5.41, 5.74) is -0.171. The second-order valence-electron chi connectivity index (χ2n) is 5.72. The predicted molar refractivity (Wildman–Crippen MR) is 73.8 cm³/mol. The summed E-state index contributed by atoms with van der Waals surface area (Å²) < 4.78 is 10.5. The van der Waals surface area contributed by atoms with Crippen LogP contribution in [0.4, 0.5) is 0 Å². The van der Waals surface area contributed by atoms with Crippen LogP contribution in [0, 0.1) is 0 Å². The van der Waals surface area contributed by atoms with Crippen LogP contribution in [0.1, 0.15) is 20.8 Å². The van der Waals surface area contributed by atoms with Crippen LogP contribution in [-0.2, 0) is 19.1 Å². The lowest BCUT2D eigenvalue weighted by Gasteiger charge is -2.51. The molecule has 0 bridgehead atoms. The summed E-state index contributed by atoms with van der Waals surface area (Å²) in [5, 5.41) is 10.9. The highest BCUT2D eigenvalue weighted by Gasteiger charge is 2.56. The van der Waals surface area contributed by atoms with Gasteiger partial charge in [0.15, 0.2) is 12.1 Å². The van der Waals surface area contributed by atoms with E-state index < -0.39 is 23.7 Å². The molecule has 3 atom stereocenters. The Kier molecular flexibility index (Phi) is 4.13. The van der Waals surface area contributed by atoms with Gasteiger partial charge in [-0.1, -0.05) is 0 Å². The van der Waals surface area contributed by atoms with Crippen molar-refractivity contribution in [3.05, 3.63) is 11.0 Å². The molecule has 0 saturated carbocycles. The summed E-state index contributed by atoms with van der Waals surface area (Å²) in [6.45, 7) is 5.00. The number of fused-ring (bicyclic) bond motifs is 1. The first-order chi connectivity index (χ1) is 9.30. The number of nitrogens with zero attached hydrogens (tertiary/aromatic N) is 1. The molecule has 0 spiro atoms. The third-order valence-electron chi connectivity index (χ3n) is 3.09. The molecular weight excluding hydrogens is 282 g/mol. The fourth-order valence-electron chi connectivity index (χ4n) is 2.23. The van der Waals surface area contributed by atoms with Crippen LogP contribution in [0.3, 0.4) is 0 Å². The van der Waals surface area contributed by atoms with E-state index in [2.05, 4.69) is 0 Å². The topological polar surface area (TPSA) is 76.1 Å². The fourth-order valence-corrected chi connectivity index (χ4v) is 3.48. The number of hydrogen-bond donors (Lipinski definition) is 1. The molecule has 0 aliphatic carbocycles. The highest BCUT2D eigenvalue weighted by atomic mass is 32.2. The molecule has 6 nitrogen and oxygen atoms in total. The average molecular weight is 301 g/mol. The second kappa shape index (κ2) is 5.38. The highest BCUT2D eigenvalue weighted by molar-refractivity contribution is 8.02. The Balaban J connectivity index is 2.24. The summed E-state index contributed by atoms with van der Waals surface area (Å²) in [6.07, 6.45) is -0.540. The molecule has 0 radical (unpaired) electrons. The number of hydrogen-bond acceptors (Lipinski definition) is 6. The minimum atomic E-state index is -0.857. The normalized spacial score (nSPS) is 29.4. The van der Waals surface area contributed by atoms with E-state index >= 15 is 0 Å². The second-order valence-corrected chi connectivity index (χ2v) is 6.71. The molecule has 1 saturated heterocycles. The maximum atomic E-state index is 12.3. The van der Waals surface area contributed by atoms with Gasteiger partial charge >= 0.3 is 5.97 Å². The number of carbonyl (C=O) groups excluding carboxylic acids is 2. The Bertz CT molecular complexity index is 456. The first-order valence-electron chi connectivity index (χ1n) is 6.33. The molecular formula is C13H19NO5S. The number of ether oxygens (including phenoxy) is 2. The Labute approximate surface area is 122 Å². The van der Waals surface area contributed by atoms with E-state index in [4.69, 9.17) is 9.47 Å². The third-order valence-corrected chi connectivity index (χ3v) is 4.28. The maximum Gasteiger partial charge on any atom is 0.333 e. The van der Waals surface area contributed by atoms with Gasteiger partial charge in [0.05, 0.1) is 6.61 Å². The monoisotopic (exact) mass is 301 g/mol. The number of rotatable bonds is 3. The van der Waals surface area contributed by atoms with Gasteiger partial charge in [-0.3, -0.25) is 4.79 Å². The number of methoxy groups -OCH3 is 1. The predicted octanol–water partition coefficient (Wildman–Crippen LogP) is 0.503. The van der Waals surface area contributed by atoms with Crippen molar-refractivity contribution in [1.29, 1.82) is 0 Å². The maximum absolute atomic E-state index is 12.3. The van der Waals surface area contributed by atoms with E-state index in [1.54, 1.807) is 26.2 Å². The van der Waals surface area contributed by atoms with E-state index in [-0.39, 0.29) is 17.9 Å². The Morgan fingerprint density at radius 1 is 1.50 bits per heavy atom. The van der Waals surface area contributed by atoms with Gasteiger partial charge in [-0.2, -0.15) is 0 Å². The smallest absolute Gasteiger partial charge is 0.333 e. The molecule has 0 aromatic carbocycles. The zero-order valence-electron chi connectivity index (χ0n) is 12.0. The number of aliphatic hydroxyl groups is 1. The van der Waals surface area contributed by atoms with Crippen molar-refractivity contribution >= 4 is 23.6 Å². The van der Waals surface area contributed by atoms with Gasteiger partial charge in [-0.25, -0.2) is 4.79 Å². The van der Waals surface area contributed by atoms with Crippen LogP contribution in [0.5, 0.6) is 0 Å². The molecule has 2 aliphatic rings. The average Bonchev–Trinajstić information content (AvgIpc) is 2.35. The van der Waals surface area contributed by atoms with Crippen molar-refractivity contribution in [3.63, 3.8) is 0 Å². The number of β-lactam (4-membered cyclic amide) rings is 1. The third kappa shape index (κ3) is 2.57. The molecule has 2 heterocycles. The number of amides is 1. The van der Waals surface area contributed by atoms with Crippen LogP contribution in [0.25, 0.3) is 0 Å². The number of aliphatic hydroxyl groups excluding tert-OH is 1. The minimum Gasteiger partial charge on any atom is -0.458 e. The Morgan fingerprint density at radius 2 is 2.15 bits per heavy atom. The molecule has 7 heteroatoms. The number of esters is 1. The lowest BCUT2D eigenvalue weighted by molar-refractivity contribution is -0.178. The van der Waals surface area contributed by atoms with Crippen molar-refractivity contribution in [3.8, 4) is 0 Å². The molecule has 0 aromatic heterocycles. The molecule has 20 heavy (non-hydrogen) atoms. The van der Waals surface area contributed by atoms with Crippen molar-refractivity contribution in [2.24, 2.45) is 0 Å². The molecule has 1 N–H and O–H groups in total. The molecule has 2 unspecified atom stereocenters. The summed E-state index contributed by atoms with van der Waals surface area (Å²) >= 11 is 1.37. The summed E-state index contributed by atoms with van der Waals surface area (Å²) in [7, 11) is 1.47. The van der Waals surface area contributed by atoms with Gasteiger partial charge in [0.25, 0.3) is 5.91 Å². The van der Waals surface area contributed by atoms with E-state index in [0.717, 1.165) is 0 Å². The summed E-state index contributed by atoms with van der Waals surface area (Å²) in [5.74, 6) is -0.772. The Hall–Kier alpha value is -1.05. The lowest BCUT2D eigenvalue weighted by Crippen LogP contribution is -2.70. The van der Waals surface area contributed by atoms with Crippen LogP contribution < -0.4 is 0 Å². The van der Waals surface area contributed by atoms with Crippen molar-refractivity contribution < 1.29 is 24.2 Å². The molecule has 2 rings (SSSR count). The molecule has 112 valence electrons. The molecule has 0 aromatic rings. The van der Waals surface area contributed by atoms with Crippen molar-refractivity contribution in [1.82, 2.24) is 4.90 Å². The van der Waals surface area contributed by atoms with Crippen molar-refractivity contribution in [2.45, 2.75) is 43.9 Å². The van der Waals surface area contributed by atoms with Crippen LogP contribution in [0.2, 0.25) is 0 Å². The van der Waals surface area contributed by atoms with Crippen LogP contribution in [0.15, 0.2) is 11.0 Å². The molecule has 2 aliphatic heterocycles. The van der Waals surface area contributed by atoms with Crippen LogP contribution >= 0.6 is 11.8 Å². The van der Waals surface area contributed by atoms with E-state index in [1.165, 1.54) is 23.8 Å². The first kappa shape index (κ1) is 15.3. The zero-order chi connectivity index (χ0) is 15.1. The van der Waals surface area contributed by atoms with Gasteiger partial charge in [0.2, 0.25) is 0 Å². The van der Waals surface area contributed by atoms with Gasteiger partial charge in [0, 0.05) is 7.11 Å². The van der Waals surface area contributed by atoms with Gasteiger partial charge in [-0.15, -0.1) is 11.8 Å². The SMILES string of the molecule is CO[C@H]1C(=O)N2C(C(=O)OC(C)(C)C)C(CO)=CSC12. The fraction of sp³-hybridized carbons (Fsp3) is 0.692. The summed E-state index contributed by atoms with van der Waals surface area (Å²) in [6, 6.07) is -0.857. The zero-order valence-corrected chi connectivity index (χ0v) is 12.8. The largest absolute Gasteiger partial charge is 0.458 e. The molecule has 1 amide bonds. The van der Waals surface area contributed by atoms with Crippen molar-refractivity contribution in [2.75, 3.05) is 13.7 Å². The Morgan fingerprint density at radius 3 is 2.65 bits per heavy atom. The van der Waals surface area contributed by atoms with Crippen LogP contribution in [-0.4, -0.2) is 58.7 Å². The van der Waals surface area contributed by atoms with Gasteiger partial charge in [-0.05, 0) is 31.8 Å². The van der Waals surface area contributed by atoms with E-state index in [1.807, 2.05) is 0 Å². The minimum absolute atomic E-state index is 0.236.